The number of imide groups is 1. The molecule has 0 bridgehead atoms. The van der Waals surface area contributed by atoms with E-state index >= 15 is 0 Å². The fraction of sp³-hybridized carbons (Fsp3) is 0.167. The van der Waals surface area contributed by atoms with Crippen LogP contribution >= 0.6 is 11.6 Å². The number of halogens is 4. The third kappa shape index (κ3) is 3.53. The topological polar surface area (TPSA) is 78.5 Å². The average Bonchev–Trinajstić information content (AvgIpc) is 2.84. The molecule has 28 heavy (non-hydrogen) atoms. The monoisotopic (exact) mass is 411 g/mol. The van der Waals surface area contributed by atoms with Crippen molar-refractivity contribution in [2.75, 3.05) is 11.9 Å². The molecular weight excluding hydrogens is 399 g/mol. The Bertz CT molecular complexity index is 1000. The molecule has 6 nitrogen and oxygen atoms in total. The minimum absolute atomic E-state index is 0.167. The second-order valence-electron chi connectivity index (χ2n) is 6.24. The molecule has 1 aliphatic heterocycles. The summed E-state index contributed by atoms with van der Waals surface area (Å²) in [4.78, 5) is 37.6. The summed E-state index contributed by atoms with van der Waals surface area (Å²) in [5.41, 5.74) is -2.51. The van der Waals surface area contributed by atoms with Gasteiger partial charge in [0.2, 0.25) is 5.91 Å². The van der Waals surface area contributed by atoms with Crippen molar-refractivity contribution in [1.82, 2.24) is 10.2 Å². The Kier molecular flexibility index (Phi) is 5.03. The molecule has 0 unspecified atom stereocenters. The van der Waals surface area contributed by atoms with Gasteiger partial charge in [-0.15, -0.1) is 0 Å². The van der Waals surface area contributed by atoms with E-state index in [0.29, 0.717) is 4.90 Å². The largest absolute Gasteiger partial charge is 0.325 e. The van der Waals surface area contributed by atoms with Crippen molar-refractivity contribution in [3.05, 3.63) is 64.4 Å². The summed E-state index contributed by atoms with van der Waals surface area (Å²) >= 11 is 5.74. The average molecular weight is 412 g/mol. The van der Waals surface area contributed by atoms with E-state index in [1.54, 1.807) is 0 Å². The fourth-order valence-corrected chi connectivity index (χ4v) is 3.00. The SMILES string of the molecule is C[C@]1(c2cc(F)ccc2F)NC(=O)N(CC(=O)Nc2cc(Cl)ccc2F)C1=O. The number of urea groups is 1. The Morgan fingerprint density at radius 3 is 2.54 bits per heavy atom. The molecule has 0 radical (unpaired) electrons. The number of amides is 4. The Morgan fingerprint density at radius 1 is 1.14 bits per heavy atom. The zero-order valence-corrected chi connectivity index (χ0v) is 15.1. The van der Waals surface area contributed by atoms with Gasteiger partial charge in [0.1, 0.15) is 29.5 Å². The van der Waals surface area contributed by atoms with E-state index in [9.17, 15) is 27.6 Å². The van der Waals surface area contributed by atoms with Crippen LogP contribution in [0.15, 0.2) is 36.4 Å². The van der Waals surface area contributed by atoms with E-state index < -0.39 is 47.4 Å². The van der Waals surface area contributed by atoms with Gasteiger partial charge in [-0.3, -0.25) is 14.5 Å². The first-order chi connectivity index (χ1) is 13.1. The van der Waals surface area contributed by atoms with Gasteiger partial charge in [-0.2, -0.15) is 0 Å². The standard InChI is InChI=1S/C18H13ClF3N3O3/c1-18(11-7-10(20)3-5-12(11)21)16(27)25(17(28)24-18)8-15(26)23-14-6-9(19)2-4-13(14)22/h2-7H,8H2,1H3,(H,23,26)(H,24,28)/t18-/m1/s1. The molecule has 1 fully saturated rings. The van der Waals surface area contributed by atoms with Crippen LogP contribution in [0.2, 0.25) is 5.02 Å². The molecule has 2 aromatic carbocycles. The number of nitrogens with zero attached hydrogens (tertiary/aromatic N) is 1. The van der Waals surface area contributed by atoms with E-state index in [1.165, 1.54) is 13.0 Å². The summed E-state index contributed by atoms with van der Waals surface area (Å²) in [7, 11) is 0. The fourth-order valence-electron chi connectivity index (χ4n) is 2.83. The number of hydrogen-bond donors (Lipinski definition) is 2. The van der Waals surface area contributed by atoms with Crippen molar-refractivity contribution < 1.29 is 27.6 Å². The van der Waals surface area contributed by atoms with Crippen molar-refractivity contribution in [3.8, 4) is 0 Å². The van der Waals surface area contributed by atoms with Crippen molar-refractivity contribution in [3.63, 3.8) is 0 Å². The first kappa shape index (κ1) is 19.7. The quantitative estimate of drug-likeness (QED) is 0.759. The molecule has 3 rings (SSSR count). The molecule has 0 saturated carbocycles. The van der Waals surface area contributed by atoms with Crippen LogP contribution < -0.4 is 10.6 Å². The maximum atomic E-state index is 14.1. The van der Waals surface area contributed by atoms with Crippen LogP contribution in [0.4, 0.5) is 23.7 Å². The molecule has 1 heterocycles. The normalized spacial score (nSPS) is 19.0. The van der Waals surface area contributed by atoms with Crippen molar-refractivity contribution >= 4 is 35.1 Å². The summed E-state index contributed by atoms with van der Waals surface area (Å²) in [5.74, 6) is -4.30. The van der Waals surface area contributed by atoms with E-state index in [2.05, 4.69) is 10.6 Å². The van der Waals surface area contributed by atoms with Crippen molar-refractivity contribution in [2.24, 2.45) is 0 Å². The predicted octanol–water partition coefficient (Wildman–Crippen LogP) is 3.16. The number of rotatable bonds is 4. The first-order valence-electron chi connectivity index (χ1n) is 7.96. The second-order valence-corrected chi connectivity index (χ2v) is 6.68. The van der Waals surface area contributed by atoms with Crippen LogP contribution in [0.25, 0.3) is 0 Å². The van der Waals surface area contributed by atoms with Crippen LogP contribution in [0.1, 0.15) is 12.5 Å². The third-order valence-electron chi connectivity index (χ3n) is 4.25. The number of anilines is 1. The van der Waals surface area contributed by atoms with Gasteiger partial charge in [0.05, 0.1) is 5.69 Å². The van der Waals surface area contributed by atoms with Gasteiger partial charge in [0, 0.05) is 10.6 Å². The van der Waals surface area contributed by atoms with E-state index in [0.717, 1.165) is 30.3 Å². The smallest absolute Gasteiger partial charge is 0.322 e. The summed E-state index contributed by atoms with van der Waals surface area (Å²) in [5, 5.41) is 4.63. The Hall–Kier alpha value is -3.07. The highest BCUT2D eigenvalue weighted by atomic mass is 35.5. The summed E-state index contributed by atoms with van der Waals surface area (Å²) in [6.45, 7) is 0.433. The van der Waals surface area contributed by atoms with Crippen molar-refractivity contribution in [1.29, 1.82) is 0 Å². The number of carbonyl (C=O) groups is 3. The first-order valence-corrected chi connectivity index (χ1v) is 8.34. The molecule has 0 aromatic heterocycles. The van der Waals surface area contributed by atoms with Crippen LogP contribution in [-0.4, -0.2) is 29.3 Å². The molecule has 1 aliphatic rings. The minimum Gasteiger partial charge on any atom is -0.322 e. The Morgan fingerprint density at radius 2 is 1.82 bits per heavy atom. The molecule has 0 spiro atoms. The van der Waals surface area contributed by atoms with E-state index in [4.69, 9.17) is 11.6 Å². The zero-order valence-electron chi connectivity index (χ0n) is 14.4. The molecule has 1 atom stereocenters. The number of nitrogens with one attached hydrogen (secondary N) is 2. The van der Waals surface area contributed by atoms with Gasteiger partial charge in [0.25, 0.3) is 5.91 Å². The molecule has 2 aromatic rings. The van der Waals surface area contributed by atoms with Crippen LogP contribution in [0.5, 0.6) is 0 Å². The maximum Gasteiger partial charge on any atom is 0.325 e. The maximum absolute atomic E-state index is 14.1. The number of hydrogen-bond acceptors (Lipinski definition) is 3. The lowest BCUT2D eigenvalue weighted by Gasteiger charge is -2.22. The van der Waals surface area contributed by atoms with Crippen LogP contribution in [-0.2, 0) is 15.1 Å². The van der Waals surface area contributed by atoms with Gasteiger partial charge in [-0.25, -0.2) is 18.0 Å². The van der Waals surface area contributed by atoms with Gasteiger partial charge < -0.3 is 10.6 Å². The number of carbonyl (C=O) groups excluding carboxylic acids is 3. The lowest BCUT2D eigenvalue weighted by molar-refractivity contribution is -0.133. The Balaban J connectivity index is 1.81. The van der Waals surface area contributed by atoms with E-state index in [-0.39, 0.29) is 16.3 Å². The molecule has 146 valence electrons. The third-order valence-corrected chi connectivity index (χ3v) is 4.48. The van der Waals surface area contributed by atoms with Crippen molar-refractivity contribution in [2.45, 2.75) is 12.5 Å². The lowest BCUT2D eigenvalue weighted by atomic mass is 9.91. The highest BCUT2D eigenvalue weighted by molar-refractivity contribution is 6.30. The lowest BCUT2D eigenvalue weighted by Crippen LogP contribution is -2.42. The molecule has 4 amide bonds. The minimum atomic E-state index is -1.90. The summed E-state index contributed by atoms with van der Waals surface area (Å²) in [6.07, 6.45) is 0. The number of benzene rings is 2. The van der Waals surface area contributed by atoms with Gasteiger partial charge in [-0.05, 0) is 43.3 Å². The molecule has 10 heteroatoms. The van der Waals surface area contributed by atoms with E-state index in [1.807, 2.05) is 0 Å². The van der Waals surface area contributed by atoms with Gasteiger partial charge in [0.15, 0.2) is 0 Å². The predicted molar refractivity (Wildman–Crippen MR) is 94.0 cm³/mol. The Labute approximate surface area is 162 Å². The van der Waals surface area contributed by atoms with Gasteiger partial charge in [-0.1, -0.05) is 11.6 Å². The summed E-state index contributed by atoms with van der Waals surface area (Å²) < 4.78 is 41.3. The van der Waals surface area contributed by atoms with Gasteiger partial charge >= 0.3 is 6.03 Å². The molecular formula is C18H13ClF3N3O3. The summed E-state index contributed by atoms with van der Waals surface area (Å²) in [6, 6.07) is 4.99. The van der Waals surface area contributed by atoms with Crippen LogP contribution in [0.3, 0.4) is 0 Å². The highest BCUT2D eigenvalue weighted by Crippen LogP contribution is 2.31. The van der Waals surface area contributed by atoms with Crippen LogP contribution in [0, 0.1) is 17.5 Å². The molecule has 1 saturated heterocycles. The second kappa shape index (κ2) is 7.16. The zero-order chi connectivity index (χ0) is 20.6. The molecule has 2 N–H and O–H groups in total. The molecule has 0 aliphatic carbocycles. The highest BCUT2D eigenvalue weighted by Gasteiger charge is 2.50.